The van der Waals surface area contributed by atoms with E-state index in [4.69, 9.17) is 11.6 Å². The molecule has 1 aliphatic heterocycles. The molecule has 1 aliphatic rings. The highest BCUT2D eigenvalue weighted by Crippen LogP contribution is 2.11. The second-order valence-corrected chi connectivity index (χ2v) is 5.29. The van der Waals surface area contributed by atoms with Crippen LogP contribution in [-0.4, -0.2) is 41.7 Å². The smallest absolute Gasteiger partial charge is 0.222 e. The number of hydrogen-bond acceptors (Lipinski definition) is 3. The van der Waals surface area contributed by atoms with Gasteiger partial charge in [0.2, 0.25) is 5.91 Å². The third-order valence-corrected chi connectivity index (χ3v) is 3.44. The lowest BCUT2D eigenvalue weighted by Gasteiger charge is -2.20. The minimum Gasteiger partial charge on any atom is -0.390 e. The molecule has 0 radical (unpaired) electrons. The third kappa shape index (κ3) is 4.49. The number of hydrogen-bond donors (Lipinski definition) is 2. The molecule has 2 rings (SSSR count). The van der Waals surface area contributed by atoms with Crippen molar-refractivity contribution in [1.29, 1.82) is 0 Å². The van der Waals surface area contributed by atoms with E-state index in [2.05, 4.69) is 5.32 Å². The van der Waals surface area contributed by atoms with E-state index in [1.165, 1.54) is 0 Å². The molecule has 4 nitrogen and oxygen atoms in total. The number of carbonyl (C=O) groups is 1. The van der Waals surface area contributed by atoms with E-state index in [0.29, 0.717) is 31.1 Å². The summed E-state index contributed by atoms with van der Waals surface area (Å²) in [5.74, 6) is 0.147. The first kappa shape index (κ1) is 14.3. The van der Waals surface area contributed by atoms with Gasteiger partial charge in [-0.05, 0) is 24.1 Å². The lowest BCUT2D eigenvalue weighted by molar-refractivity contribution is -0.128. The van der Waals surface area contributed by atoms with Gasteiger partial charge in [-0.3, -0.25) is 4.79 Å². The molecular formula is C14H19ClN2O2. The number of carbonyl (C=O) groups excluding carboxylic acids is 1. The summed E-state index contributed by atoms with van der Waals surface area (Å²) >= 11 is 5.89. The number of aliphatic hydroxyl groups is 1. The fourth-order valence-corrected chi connectivity index (χ4v) is 2.46. The lowest BCUT2D eigenvalue weighted by Crippen LogP contribution is -2.38. The maximum Gasteiger partial charge on any atom is 0.222 e. The van der Waals surface area contributed by atoms with Crippen LogP contribution in [0.1, 0.15) is 18.4 Å². The van der Waals surface area contributed by atoms with Gasteiger partial charge in [-0.15, -0.1) is 0 Å². The Balaban J connectivity index is 1.69. The van der Waals surface area contributed by atoms with Gasteiger partial charge in [-0.2, -0.15) is 0 Å². The first-order valence-electron chi connectivity index (χ1n) is 6.56. The summed E-state index contributed by atoms with van der Waals surface area (Å²) in [4.78, 5) is 13.2. The van der Waals surface area contributed by atoms with Crippen molar-refractivity contribution < 1.29 is 9.90 Å². The summed E-state index contributed by atoms with van der Waals surface area (Å²) in [5.41, 5.74) is 1.08. The standard InChI is InChI=1S/C14H19ClN2O2/c15-12-4-1-3-11(7-12)8-16-9-13(18)10-17-6-2-5-14(17)19/h1,3-4,7,13,16,18H,2,5-6,8-10H2. The van der Waals surface area contributed by atoms with Crippen LogP contribution in [0.25, 0.3) is 0 Å². The zero-order valence-corrected chi connectivity index (χ0v) is 11.6. The number of halogens is 1. The zero-order valence-electron chi connectivity index (χ0n) is 10.8. The van der Waals surface area contributed by atoms with E-state index in [1.807, 2.05) is 24.3 Å². The van der Waals surface area contributed by atoms with Crippen molar-refractivity contribution in [2.45, 2.75) is 25.5 Å². The molecule has 19 heavy (non-hydrogen) atoms. The van der Waals surface area contributed by atoms with Gasteiger partial charge in [0.15, 0.2) is 0 Å². The Morgan fingerprint density at radius 1 is 1.47 bits per heavy atom. The first-order chi connectivity index (χ1) is 9.15. The second kappa shape index (κ2) is 6.89. The highest BCUT2D eigenvalue weighted by Gasteiger charge is 2.22. The average molecular weight is 283 g/mol. The Bertz CT molecular complexity index is 439. The van der Waals surface area contributed by atoms with Gasteiger partial charge >= 0.3 is 0 Å². The molecule has 0 spiro atoms. The van der Waals surface area contributed by atoms with Gasteiger partial charge in [0.05, 0.1) is 6.10 Å². The molecule has 0 saturated carbocycles. The van der Waals surface area contributed by atoms with E-state index in [1.54, 1.807) is 4.90 Å². The van der Waals surface area contributed by atoms with Crippen LogP contribution < -0.4 is 5.32 Å². The maximum absolute atomic E-state index is 11.4. The Morgan fingerprint density at radius 2 is 2.32 bits per heavy atom. The van der Waals surface area contributed by atoms with Crippen molar-refractivity contribution in [2.24, 2.45) is 0 Å². The molecule has 0 bridgehead atoms. The van der Waals surface area contributed by atoms with E-state index in [9.17, 15) is 9.90 Å². The van der Waals surface area contributed by atoms with Gasteiger partial charge in [-0.25, -0.2) is 0 Å². The molecular weight excluding hydrogens is 264 g/mol. The topological polar surface area (TPSA) is 52.6 Å². The number of β-amino-alcohol motifs (C(OH)–C–C–N with tert-alkyl or cyclic N) is 1. The third-order valence-electron chi connectivity index (χ3n) is 3.20. The van der Waals surface area contributed by atoms with Gasteiger partial charge in [-0.1, -0.05) is 23.7 Å². The molecule has 1 fully saturated rings. The number of amides is 1. The van der Waals surface area contributed by atoms with Gasteiger partial charge in [0.1, 0.15) is 0 Å². The average Bonchev–Trinajstić information content (AvgIpc) is 2.75. The van der Waals surface area contributed by atoms with Crippen LogP contribution >= 0.6 is 11.6 Å². The van der Waals surface area contributed by atoms with Gasteiger partial charge < -0.3 is 15.3 Å². The number of likely N-dealkylation sites (tertiary alicyclic amines) is 1. The molecule has 1 amide bonds. The molecule has 1 heterocycles. The monoisotopic (exact) mass is 282 g/mol. The highest BCUT2D eigenvalue weighted by atomic mass is 35.5. The minimum atomic E-state index is -0.527. The molecule has 1 aromatic carbocycles. The largest absolute Gasteiger partial charge is 0.390 e. The molecule has 1 aromatic rings. The van der Waals surface area contributed by atoms with Crippen LogP contribution in [0.4, 0.5) is 0 Å². The predicted octanol–water partition coefficient (Wildman–Crippen LogP) is 1.41. The summed E-state index contributed by atoms with van der Waals surface area (Å²) in [7, 11) is 0. The van der Waals surface area contributed by atoms with E-state index < -0.39 is 6.10 Å². The fraction of sp³-hybridized carbons (Fsp3) is 0.500. The normalized spacial score (nSPS) is 16.9. The van der Waals surface area contributed by atoms with Crippen molar-refractivity contribution in [3.05, 3.63) is 34.9 Å². The highest BCUT2D eigenvalue weighted by molar-refractivity contribution is 6.30. The minimum absolute atomic E-state index is 0.147. The van der Waals surface area contributed by atoms with Crippen molar-refractivity contribution in [1.82, 2.24) is 10.2 Å². The maximum atomic E-state index is 11.4. The van der Waals surface area contributed by atoms with Crippen LogP contribution in [0.2, 0.25) is 5.02 Å². The van der Waals surface area contributed by atoms with Crippen LogP contribution in [-0.2, 0) is 11.3 Å². The van der Waals surface area contributed by atoms with E-state index in [-0.39, 0.29) is 5.91 Å². The summed E-state index contributed by atoms with van der Waals surface area (Å²) in [6.45, 7) is 2.31. The first-order valence-corrected chi connectivity index (χ1v) is 6.94. The number of rotatable bonds is 6. The Morgan fingerprint density at radius 3 is 3.00 bits per heavy atom. The molecule has 5 heteroatoms. The molecule has 0 aromatic heterocycles. The van der Waals surface area contributed by atoms with Crippen LogP contribution in [0.3, 0.4) is 0 Å². The van der Waals surface area contributed by atoms with E-state index in [0.717, 1.165) is 18.5 Å². The van der Waals surface area contributed by atoms with Crippen LogP contribution in [0.5, 0.6) is 0 Å². The van der Waals surface area contributed by atoms with Crippen LogP contribution in [0, 0.1) is 0 Å². The van der Waals surface area contributed by atoms with Gasteiger partial charge in [0.25, 0.3) is 0 Å². The van der Waals surface area contributed by atoms with Crippen molar-refractivity contribution in [2.75, 3.05) is 19.6 Å². The molecule has 1 atom stereocenters. The summed E-state index contributed by atoms with van der Waals surface area (Å²) < 4.78 is 0. The van der Waals surface area contributed by atoms with Crippen molar-refractivity contribution in [3.8, 4) is 0 Å². The number of nitrogens with zero attached hydrogens (tertiary/aromatic N) is 1. The molecule has 1 saturated heterocycles. The fourth-order valence-electron chi connectivity index (χ4n) is 2.25. The summed E-state index contributed by atoms with van der Waals surface area (Å²) in [6, 6.07) is 7.61. The zero-order chi connectivity index (χ0) is 13.7. The number of benzene rings is 1. The Kier molecular flexibility index (Phi) is 5.19. The van der Waals surface area contributed by atoms with Gasteiger partial charge in [0, 0.05) is 37.6 Å². The Labute approximate surface area is 118 Å². The molecule has 1 unspecified atom stereocenters. The summed E-state index contributed by atoms with van der Waals surface area (Å²) in [6.07, 6.45) is 0.991. The van der Waals surface area contributed by atoms with Crippen molar-refractivity contribution >= 4 is 17.5 Å². The van der Waals surface area contributed by atoms with Crippen LogP contribution in [0.15, 0.2) is 24.3 Å². The summed E-state index contributed by atoms with van der Waals surface area (Å²) in [5, 5.41) is 13.8. The second-order valence-electron chi connectivity index (χ2n) is 4.86. The Hall–Kier alpha value is -1.10. The van der Waals surface area contributed by atoms with Crippen molar-refractivity contribution in [3.63, 3.8) is 0 Å². The number of nitrogens with one attached hydrogen (secondary N) is 1. The SMILES string of the molecule is O=C1CCCN1CC(O)CNCc1cccc(Cl)c1. The number of aliphatic hydroxyl groups excluding tert-OH is 1. The lowest BCUT2D eigenvalue weighted by atomic mass is 10.2. The quantitative estimate of drug-likeness (QED) is 0.830. The predicted molar refractivity (Wildman–Crippen MR) is 75.0 cm³/mol. The molecule has 104 valence electrons. The van der Waals surface area contributed by atoms with E-state index >= 15 is 0 Å². The molecule has 0 aliphatic carbocycles. The molecule has 2 N–H and O–H groups in total.